The summed E-state index contributed by atoms with van der Waals surface area (Å²) in [6.07, 6.45) is 2.76. The topological polar surface area (TPSA) is 202 Å². The molecular weight excluding hydrogens is 1050 g/mol. The predicted octanol–water partition coefficient (Wildman–Crippen LogP) is 17.7. The number of fused-ring (bicyclic) bond motifs is 4. The van der Waals surface area contributed by atoms with Crippen molar-refractivity contribution in [2.75, 3.05) is 10.6 Å². The van der Waals surface area contributed by atoms with E-state index < -0.39 is 25.9 Å². The SMILES string of the molecule is O=S(=O)(O)c1cc(Nc2cc(Oc3ccc4ccccc4c3)cc(Oc3ccc4ccccc4c3)c2)ccc1C=Cc1ccc(Nc2cc(Oc3ccc4ccccc4c3)nc(Oc3ccc4ccccc4c3)n2)cc1S(O)(O)O. The van der Waals surface area contributed by atoms with Crippen LogP contribution < -0.4 is 29.6 Å². The molecule has 12 aromatic rings. The van der Waals surface area contributed by atoms with Gasteiger partial charge in [0.25, 0.3) is 10.1 Å². The van der Waals surface area contributed by atoms with Gasteiger partial charge in [0.1, 0.15) is 56.1 Å². The van der Waals surface area contributed by atoms with Crippen molar-refractivity contribution in [3.05, 3.63) is 242 Å². The molecule has 1 aromatic heterocycles. The molecule has 12 rings (SSSR count). The first-order chi connectivity index (χ1) is 38.8. The number of aromatic nitrogens is 2. The molecule has 0 aliphatic rings. The fourth-order valence-corrected chi connectivity index (χ4v) is 10.7. The Labute approximate surface area is 460 Å². The Hall–Kier alpha value is -9.78. The van der Waals surface area contributed by atoms with Crippen molar-refractivity contribution in [3.8, 4) is 46.4 Å². The molecule has 14 nitrogen and oxygen atoms in total. The Morgan fingerprint density at radius 3 is 1.23 bits per heavy atom. The lowest BCUT2D eigenvalue weighted by Gasteiger charge is -2.22. The Kier molecular flexibility index (Phi) is 13.7. The summed E-state index contributed by atoms with van der Waals surface area (Å²) in [6, 6.07) is 69.7. The molecule has 0 saturated carbocycles. The molecular formula is C64H46N4O10S2. The van der Waals surface area contributed by atoms with Crippen molar-refractivity contribution in [2.45, 2.75) is 9.79 Å². The highest BCUT2D eigenvalue weighted by molar-refractivity contribution is 8.19. The quantitative estimate of drug-likeness (QED) is 0.0394. The lowest BCUT2D eigenvalue weighted by Crippen LogP contribution is -2.03. The summed E-state index contributed by atoms with van der Waals surface area (Å²) in [4.78, 5) is 8.39. The largest absolute Gasteiger partial charge is 0.457 e. The number of hydrogen-bond acceptors (Lipinski definition) is 13. The average molecular weight is 1100 g/mol. The highest BCUT2D eigenvalue weighted by Crippen LogP contribution is 2.48. The Bertz CT molecular complexity index is 4300. The fourth-order valence-electron chi connectivity index (χ4n) is 9.20. The van der Waals surface area contributed by atoms with E-state index in [9.17, 15) is 26.6 Å². The van der Waals surface area contributed by atoms with E-state index >= 15 is 0 Å². The third-order valence-corrected chi connectivity index (χ3v) is 14.8. The fraction of sp³-hybridized carbons (Fsp3) is 0. The Morgan fingerprint density at radius 2 is 0.762 bits per heavy atom. The minimum Gasteiger partial charge on any atom is -0.457 e. The van der Waals surface area contributed by atoms with Crippen LogP contribution in [0.3, 0.4) is 0 Å². The van der Waals surface area contributed by atoms with E-state index in [-0.39, 0.29) is 45.1 Å². The molecule has 0 bridgehead atoms. The van der Waals surface area contributed by atoms with Crippen molar-refractivity contribution in [1.82, 2.24) is 9.97 Å². The van der Waals surface area contributed by atoms with Crippen LogP contribution in [0.1, 0.15) is 11.1 Å². The first-order valence-electron chi connectivity index (χ1n) is 25.0. The van der Waals surface area contributed by atoms with Gasteiger partial charge in [0.05, 0.1) is 4.90 Å². The molecule has 0 spiro atoms. The summed E-state index contributed by atoms with van der Waals surface area (Å²) in [6.45, 7) is 0. The van der Waals surface area contributed by atoms with Crippen LogP contribution in [0.5, 0.6) is 46.4 Å². The average Bonchev–Trinajstić information content (AvgIpc) is 3.45. The number of hydrogen-bond donors (Lipinski definition) is 6. The second-order valence-corrected chi connectivity index (χ2v) is 21.5. The first kappa shape index (κ1) is 51.0. The van der Waals surface area contributed by atoms with E-state index in [1.165, 1.54) is 42.5 Å². The number of nitrogens with one attached hydrogen (secondary N) is 2. The maximum Gasteiger partial charge on any atom is 0.327 e. The molecule has 394 valence electrons. The minimum atomic E-state index is -4.86. The zero-order valence-electron chi connectivity index (χ0n) is 42.0. The smallest absolute Gasteiger partial charge is 0.327 e. The summed E-state index contributed by atoms with van der Waals surface area (Å²) in [5, 5.41) is 14.4. The van der Waals surface area contributed by atoms with Crippen LogP contribution in [0.25, 0.3) is 55.2 Å². The van der Waals surface area contributed by atoms with Crippen LogP contribution in [-0.4, -0.2) is 36.6 Å². The maximum absolute atomic E-state index is 13.1. The van der Waals surface area contributed by atoms with E-state index in [1.54, 1.807) is 36.4 Å². The number of benzene rings is 11. The Balaban J connectivity index is 0.827. The third kappa shape index (κ3) is 11.9. The van der Waals surface area contributed by atoms with Gasteiger partial charge in [-0.05, 0) is 127 Å². The molecule has 0 fully saturated rings. The molecule has 0 aliphatic heterocycles. The van der Waals surface area contributed by atoms with E-state index in [4.69, 9.17) is 18.9 Å². The third-order valence-electron chi connectivity index (χ3n) is 13.0. The van der Waals surface area contributed by atoms with Gasteiger partial charge in [0.2, 0.25) is 5.88 Å². The second kappa shape index (κ2) is 21.6. The zero-order valence-corrected chi connectivity index (χ0v) is 43.7. The van der Waals surface area contributed by atoms with Gasteiger partial charge in [0.15, 0.2) is 0 Å². The lowest BCUT2D eigenvalue weighted by atomic mass is 10.1. The minimum absolute atomic E-state index is 0.0493. The second-order valence-electron chi connectivity index (χ2n) is 18.6. The van der Waals surface area contributed by atoms with E-state index in [0.29, 0.717) is 40.2 Å². The summed E-state index contributed by atoms with van der Waals surface area (Å²) >= 11 is 0. The van der Waals surface area contributed by atoms with Crippen LogP contribution in [0.2, 0.25) is 0 Å². The normalized spacial score (nSPS) is 12.0. The van der Waals surface area contributed by atoms with Crippen LogP contribution in [0, 0.1) is 0 Å². The molecule has 16 heteroatoms. The van der Waals surface area contributed by atoms with Crippen molar-refractivity contribution >= 4 is 99.1 Å². The molecule has 6 N–H and O–H groups in total. The number of anilines is 4. The highest BCUT2D eigenvalue weighted by atomic mass is 32.3. The summed E-state index contributed by atoms with van der Waals surface area (Å²) < 4.78 is 94.3. The van der Waals surface area contributed by atoms with Crippen molar-refractivity contribution in [2.24, 2.45) is 0 Å². The van der Waals surface area contributed by atoms with Crippen LogP contribution in [-0.2, 0) is 10.1 Å². The molecule has 0 amide bonds. The van der Waals surface area contributed by atoms with Gasteiger partial charge in [-0.15, -0.1) is 0 Å². The monoisotopic (exact) mass is 1090 g/mol. The summed E-state index contributed by atoms with van der Waals surface area (Å²) in [5.41, 5.74) is 1.20. The van der Waals surface area contributed by atoms with Crippen molar-refractivity contribution < 1.29 is 45.6 Å². The van der Waals surface area contributed by atoms with Gasteiger partial charge < -0.3 is 43.2 Å². The van der Waals surface area contributed by atoms with Gasteiger partial charge >= 0.3 is 6.01 Å². The molecule has 0 aliphatic carbocycles. The van der Waals surface area contributed by atoms with Crippen LogP contribution in [0.4, 0.5) is 22.9 Å². The lowest BCUT2D eigenvalue weighted by molar-refractivity contribution is 0.375. The van der Waals surface area contributed by atoms with E-state index in [1.807, 2.05) is 164 Å². The van der Waals surface area contributed by atoms with Gasteiger partial charge in [-0.25, -0.2) is 0 Å². The zero-order chi connectivity index (χ0) is 54.8. The molecule has 0 saturated heterocycles. The number of nitrogens with zero attached hydrogens (tertiary/aromatic N) is 2. The van der Waals surface area contributed by atoms with Gasteiger partial charge in [0, 0.05) is 41.3 Å². The number of ether oxygens (including phenoxy) is 4. The van der Waals surface area contributed by atoms with Gasteiger partial charge in [-0.2, -0.15) is 18.4 Å². The molecule has 11 aromatic carbocycles. The molecule has 0 radical (unpaired) electrons. The first-order valence-corrected chi connectivity index (χ1v) is 27.9. The van der Waals surface area contributed by atoms with Crippen LogP contribution >= 0.6 is 10.9 Å². The van der Waals surface area contributed by atoms with Gasteiger partial charge in [-0.3, -0.25) is 4.55 Å². The summed E-state index contributed by atoms with van der Waals surface area (Å²) in [5.74, 6) is 3.31. The van der Waals surface area contributed by atoms with Gasteiger partial charge in [-0.1, -0.05) is 146 Å². The van der Waals surface area contributed by atoms with E-state index in [2.05, 4.69) is 20.6 Å². The molecule has 80 heavy (non-hydrogen) atoms. The van der Waals surface area contributed by atoms with Crippen molar-refractivity contribution in [1.29, 1.82) is 0 Å². The molecule has 0 unspecified atom stereocenters. The van der Waals surface area contributed by atoms with Crippen molar-refractivity contribution in [3.63, 3.8) is 0 Å². The Morgan fingerprint density at radius 1 is 0.350 bits per heavy atom. The standard InChI is InChI=1S/C64H46N4O10S2/c69-79(70,71)60-37-51(65-53-35-58(75-54-27-21-41-9-1-5-13-47(41)31-54)39-59(36-53)76-55-28-22-42-10-2-6-14-48(42)32-55)25-19-45(60)17-18-46-20-26-52(38-61(46)80(72,73)74)66-62-40-63(77-56-29-23-43-11-3-7-15-49(43)33-56)68-64(67-62)78-57-30-24-44-12-4-8-16-50(44)34-57/h1-40,65,72-74H,(H,66,67,68)(H,69,70,71). The molecule has 1 heterocycles. The van der Waals surface area contributed by atoms with E-state index in [0.717, 1.165) is 43.1 Å². The molecule has 0 atom stereocenters. The number of rotatable bonds is 16. The summed E-state index contributed by atoms with van der Waals surface area (Å²) in [7, 11) is -9.26. The van der Waals surface area contributed by atoms with Crippen LogP contribution in [0.15, 0.2) is 240 Å². The maximum atomic E-state index is 13.1. The highest BCUT2D eigenvalue weighted by Gasteiger charge is 2.22. The predicted molar refractivity (Wildman–Crippen MR) is 316 cm³/mol.